The van der Waals surface area contributed by atoms with Crippen LogP contribution in [0.4, 0.5) is 0 Å². The van der Waals surface area contributed by atoms with E-state index >= 15 is 0 Å². The van der Waals surface area contributed by atoms with Gasteiger partial charge in [-0.05, 0) is 24.8 Å². The summed E-state index contributed by atoms with van der Waals surface area (Å²) in [6.07, 6.45) is 2.53. The topological polar surface area (TPSA) is 6.48 Å². The molecule has 0 amide bonds. The third-order valence-corrected chi connectivity index (χ3v) is 4.53. The van der Waals surface area contributed by atoms with Crippen LogP contribution in [-0.4, -0.2) is 42.5 Å². The molecule has 1 saturated heterocycles. The van der Waals surface area contributed by atoms with E-state index in [1.807, 2.05) is 0 Å². The molecule has 2 nitrogen and oxygen atoms in total. The maximum absolute atomic E-state index is 4.17. The minimum atomic E-state index is 0.677. The Balaban J connectivity index is 1.76. The lowest BCUT2D eigenvalue weighted by molar-refractivity contribution is 0.116. The van der Waals surface area contributed by atoms with Crippen molar-refractivity contribution in [1.82, 2.24) is 9.80 Å². The van der Waals surface area contributed by atoms with E-state index < -0.39 is 0 Å². The van der Waals surface area contributed by atoms with Crippen LogP contribution in [0.1, 0.15) is 32.3 Å². The molecule has 0 spiro atoms. The van der Waals surface area contributed by atoms with Gasteiger partial charge in [0, 0.05) is 39.3 Å². The summed E-state index contributed by atoms with van der Waals surface area (Å²) in [5, 5.41) is 0. The third-order valence-electron chi connectivity index (χ3n) is 4.53. The van der Waals surface area contributed by atoms with Crippen molar-refractivity contribution in [2.45, 2.75) is 33.2 Å². The van der Waals surface area contributed by atoms with Gasteiger partial charge in [-0.25, -0.2) is 0 Å². The maximum atomic E-state index is 4.17. The second-order valence-electron chi connectivity index (χ2n) is 6.39. The van der Waals surface area contributed by atoms with Crippen molar-refractivity contribution in [3.05, 3.63) is 48.0 Å². The average molecular weight is 286 g/mol. The lowest BCUT2D eigenvalue weighted by atomic mass is 9.96. The first-order chi connectivity index (χ1) is 10.2. The Morgan fingerprint density at radius 3 is 2.29 bits per heavy atom. The van der Waals surface area contributed by atoms with Gasteiger partial charge in [-0.15, -0.1) is 0 Å². The van der Waals surface area contributed by atoms with E-state index in [1.165, 1.54) is 56.7 Å². The van der Waals surface area contributed by atoms with Crippen LogP contribution in [0.2, 0.25) is 0 Å². The van der Waals surface area contributed by atoms with Gasteiger partial charge < -0.3 is 4.90 Å². The molecule has 1 unspecified atom stereocenters. The van der Waals surface area contributed by atoms with Crippen molar-refractivity contribution in [3.8, 4) is 0 Å². The normalized spacial score (nSPS) is 18.6. The van der Waals surface area contributed by atoms with Gasteiger partial charge in [-0.1, -0.05) is 55.8 Å². The fourth-order valence-corrected chi connectivity index (χ4v) is 3.13. The minimum Gasteiger partial charge on any atom is -0.300 e. The van der Waals surface area contributed by atoms with Crippen LogP contribution in [0.25, 0.3) is 0 Å². The molecule has 21 heavy (non-hydrogen) atoms. The quantitative estimate of drug-likeness (QED) is 0.704. The molecule has 116 valence electrons. The van der Waals surface area contributed by atoms with Gasteiger partial charge >= 0.3 is 0 Å². The monoisotopic (exact) mass is 286 g/mol. The van der Waals surface area contributed by atoms with Gasteiger partial charge in [-0.3, -0.25) is 4.90 Å². The highest BCUT2D eigenvalue weighted by Crippen LogP contribution is 2.18. The van der Waals surface area contributed by atoms with Crippen molar-refractivity contribution in [1.29, 1.82) is 0 Å². The molecular formula is C19H30N2. The summed E-state index contributed by atoms with van der Waals surface area (Å²) in [7, 11) is 0. The molecule has 1 aromatic rings. The average Bonchev–Trinajstić information content (AvgIpc) is 2.49. The van der Waals surface area contributed by atoms with Crippen molar-refractivity contribution < 1.29 is 0 Å². The van der Waals surface area contributed by atoms with E-state index in [1.54, 1.807) is 0 Å². The summed E-state index contributed by atoms with van der Waals surface area (Å²) in [5.41, 5.74) is 2.78. The smallest absolute Gasteiger partial charge is 0.0234 e. The van der Waals surface area contributed by atoms with Gasteiger partial charge in [0.2, 0.25) is 0 Å². The summed E-state index contributed by atoms with van der Waals surface area (Å²) in [6.45, 7) is 15.7. The van der Waals surface area contributed by atoms with E-state index in [-0.39, 0.29) is 0 Å². The molecule has 1 aliphatic heterocycles. The second kappa shape index (κ2) is 8.35. The first-order valence-electron chi connectivity index (χ1n) is 8.33. The Kier molecular flexibility index (Phi) is 6.47. The van der Waals surface area contributed by atoms with Gasteiger partial charge in [0.05, 0.1) is 0 Å². The highest BCUT2D eigenvalue weighted by molar-refractivity contribution is 5.14. The van der Waals surface area contributed by atoms with E-state index in [4.69, 9.17) is 0 Å². The molecule has 0 bridgehead atoms. The molecule has 2 heteroatoms. The van der Waals surface area contributed by atoms with E-state index in [0.29, 0.717) is 5.92 Å². The molecule has 0 aliphatic carbocycles. The first-order valence-corrected chi connectivity index (χ1v) is 8.33. The molecule has 0 saturated carbocycles. The molecule has 0 radical (unpaired) electrons. The van der Waals surface area contributed by atoms with E-state index in [2.05, 4.69) is 60.6 Å². The molecule has 1 atom stereocenters. The zero-order valence-corrected chi connectivity index (χ0v) is 13.7. The molecule has 0 N–H and O–H groups in total. The van der Waals surface area contributed by atoms with Gasteiger partial charge in [0.15, 0.2) is 0 Å². The zero-order chi connectivity index (χ0) is 15.1. The standard InChI is InChI=1S/C19H30N2/c1-4-8-19(17(2)3)16-21-13-11-20(12-14-21)15-18-9-6-5-7-10-18/h5-7,9-10,19H,2,4,8,11-16H2,1,3H3. The Hall–Kier alpha value is -1.12. The first kappa shape index (κ1) is 16.3. The van der Waals surface area contributed by atoms with E-state index in [9.17, 15) is 0 Å². The van der Waals surface area contributed by atoms with Crippen molar-refractivity contribution in [2.24, 2.45) is 5.92 Å². The number of hydrogen-bond acceptors (Lipinski definition) is 2. The van der Waals surface area contributed by atoms with Crippen LogP contribution in [-0.2, 0) is 6.54 Å². The predicted molar refractivity (Wildman–Crippen MR) is 91.4 cm³/mol. The molecular weight excluding hydrogens is 256 g/mol. The van der Waals surface area contributed by atoms with Crippen LogP contribution in [0, 0.1) is 5.92 Å². The van der Waals surface area contributed by atoms with Crippen molar-refractivity contribution in [2.75, 3.05) is 32.7 Å². The second-order valence-corrected chi connectivity index (χ2v) is 6.39. The Morgan fingerprint density at radius 2 is 1.71 bits per heavy atom. The van der Waals surface area contributed by atoms with Crippen LogP contribution in [0.3, 0.4) is 0 Å². The van der Waals surface area contributed by atoms with Crippen LogP contribution < -0.4 is 0 Å². The number of piperazine rings is 1. The molecule has 2 rings (SSSR count). The molecule has 0 aromatic heterocycles. The third kappa shape index (κ3) is 5.29. The highest BCUT2D eigenvalue weighted by Gasteiger charge is 2.20. The lowest BCUT2D eigenvalue weighted by Crippen LogP contribution is -2.47. The van der Waals surface area contributed by atoms with Crippen LogP contribution >= 0.6 is 0 Å². The summed E-state index contributed by atoms with van der Waals surface area (Å²) in [4.78, 5) is 5.19. The molecule has 1 aliphatic rings. The van der Waals surface area contributed by atoms with Crippen LogP contribution in [0.15, 0.2) is 42.5 Å². The summed E-state index contributed by atoms with van der Waals surface area (Å²) < 4.78 is 0. The maximum Gasteiger partial charge on any atom is 0.0234 e. The molecule has 1 aromatic carbocycles. The Bertz CT molecular complexity index is 418. The Morgan fingerprint density at radius 1 is 1.10 bits per heavy atom. The fourth-order valence-electron chi connectivity index (χ4n) is 3.13. The van der Waals surface area contributed by atoms with Gasteiger partial charge in [0.25, 0.3) is 0 Å². The van der Waals surface area contributed by atoms with Gasteiger partial charge in [0.1, 0.15) is 0 Å². The molecule has 1 heterocycles. The van der Waals surface area contributed by atoms with E-state index in [0.717, 1.165) is 6.54 Å². The largest absolute Gasteiger partial charge is 0.300 e. The summed E-state index contributed by atoms with van der Waals surface area (Å²) in [6, 6.07) is 10.8. The SMILES string of the molecule is C=C(C)C(CCC)CN1CCN(Cc2ccccc2)CC1. The minimum absolute atomic E-state index is 0.677. The van der Waals surface area contributed by atoms with Crippen molar-refractivity contribution in [3.63, 3.8) is 0 Å². The number of benzene rings is 1. The highest BCUT2D eigenvalue weighted by atomic mass is 15.3. The summed E-state index contributed by atoms with van der Waals surface area (Å²) in [5.74, 6) is 0.677. The fraction of sp³-hybridized carbons (Fsp3) is 0.579. The lowest BCUT2D eigenvalue weighted by Gasteiger charge is -2.36. The zero-order valence-electron chi connectivity index (χ0n) is 13.7. The Labute approximate surface area is 130 Å². The number of nitrogens with zero attached hydrogens (tertiary/aromatic N) is 2. The summed E-state index contributed by atoms with van der Waals surface area (Å²) >= 11 is 0. The number of hydrogen-bond donors (Lipinski definition) is 0. The molecule has 1 fully saturated rings. The van der Waals surface area contributed by atoms with Crippen molar-refractivity contribution >= 4 is 0 Å². The predicted octanol–water partition coefficient (Wildman–Crippen LogP) is 3.80. The number of rotatable bonds is 7. The van der Waals surface area contributed by atoms with Gasteiger partial charge in [-0.2, -0.15) is 0 Å². The van der Waals surface area contributed by atoms with Crippen LogP contribution in [0.5, 0.6) is 0 Å².